The topological polar surface area (TPSA) is 144 Å². The van der Waals surface area contributed by atoms with Crippen molar-refractivity contribution in [2.75, 3.05) is 10.6 Å². The minimum absolute atomic E-state index is 0.00399. The molecule has 198 valence electrons. The summed E-state index contributed by atoms with van der Waals surface area (Å²) in [4.78, 5) is 51.4. The van der Waals surface area contributed by atoms with Gasteiger partial charge in [-0.3, -0.25) is 19.9 Å². The van der Waals surface area contributed by atoms with Gasteiger partial charge in [-0.25, -0.2) is 9.59 Å². The monoisotopic (exact) mass is 559 g/mol. The number of rotatable bonds is 4. The molecule has 38 heavy (non-hydrogen) atoms. The van der Waals surface area contributed by atoms with Gasteiger partial charge in [-0.1, -0.05) is 29.6 Å². The Hall–Kier alpha value is -3.83. The van der Waals surface area contributed by atoms with E-state index in [0.717, 1.165) is 35.2 Å². The van der Waals surface area contributed by atoms with E-state index in [1.165, 1.54) is 12.1 Å². The number of anilines is 2. The van der Waals surface area contributed by atoms with Crippen molar-refractivity contribution >= 4 is 46.7 Å². The molecule has 0 bridgehead atoms. The number of hydrogen-bond donors (Lipinski definition) is 3. The number of halogens is 2. The van der Waals surface area contributed by atoms with E-state index in [4.69, 9.17) is 32.7 Å². The van der Waals surface area contributed by atoms with Gasteiger partial charge in [0.15, 0.2) is 5.75 Å². The highest BCUT2D eigenvalue weighted by molar-refractivity contribution is 6.37. The van der Waals surface area contributed by atoms with Crippen LogP contribution >= 0.6 is 23.2 Å². The molecule has 11 nitrogen and oxygen atoms in total. The first-order chi connectivity index (χ1) is 17.9. The molecule has 2 aliphatic rings. The van der Waals surface area contributed by atoms with E-state index in [9.17, 15) is 19.2 Å². The van der Waals surface area contributed by atoms with Crippen molar-refractivity contribution in [3.63, 3.8) is 0 Å². The molecule has 1 spiro atoms. The lowest BCUT2D eigenvalue weighted by Gasteiger charge is -2.36. The van der Waals surface area contributed by atoms with E-state index in [2.05, 4.69) is 20.7 Å². The van der Waals surface area contributed by atoms with Gasteiger partial charge in [0, 0.05) is 5.69 Å². The Balaban J connectivity index is 1.44. The summed E-state index contributed by atoms with van der Waals surface area (Å²) in [5.74, 6) is 0.0983. The number of H-pyrrole nitrogens is 1. The van der Waals surface area contributed by atoms with Crippen LogP contribution in [0.15, 0.2) is 39.9 Å². The molecule has 1 aliphatic carbocycles. The summed E-state index contributed by atoms with van der Waals surface area (Å²) in [6.45, 7) is 4.97. The van der Waals surface area contributed by atoms with Crippen molar-refractivity contribution in [3.8, 4) is 17.2 Å². The standard InChI is InChI=1S/C25H23Cl2N5O6/c1-24(2,3)38-23(36)29-19-20(33)30-22(35)32(31-19)12-9-15(26)18(16(27)10-12)37-13-5-6-17-14(11-13)25(7-4-8-25)21(34)28-17/h5-6,9-11H,4,7-8H2,1-3H3,(H,28,34)(H,29,31,36)(H,30,33,35). The summed E-state index contributed by atoms with van der Waals surface area (Å²) in [6.07, 6.45) is 1.61. The molecule has 2 amide bonds. The Morgan fingerprint density at radius 2 is 1.79 bits per heavy atom. The number of carbonyl (C=O) groups excluding carboxylic acids is 2. The lowest BCUT2D eigenvalue weighted by Crippen LogP contribution is -2.40. The van der Waals surface area contributed by atoms with E-state index in [0.29, 0.717) is 5.75 Å². The lowest BCUT2D eigenvalue weighted by atomic mass is 9.65. The molecule has 0 unspecified atom stereocenters. The van der Waals surface area contributed by atoms with Gasteiger partial charge in [0.2, 0.25) is 11.7 Å². The first kappa shape index (κ1) is 25.8. The largest absolute Gasteiger partial charge is 0.454 e. The Morgan fingerprint density at radius 3 is 2.39 bits per heavy atom. The van der Waals surface area contributed by atoms with Gasteiger partial charge < -0.3 is 14.8 Å². The Kier molecular flexibility index (Phi) is 6.23. The molecule has 5 rings (SSSR count). The number of fused-ring (bicyclic) bond motifs is 2. The number of hydrogen-bond acceptors (Lipinski definition) is 7. The summed E-state index contributed by atoms with van der Waals surface area (Å²) < 4.78 is 11.9. The van der Waals surface area contributed by atoms with Gasteiger partial charge in [-0.05, 0) is 69.5 Å². The molecule has 0 radical (unpaired) electrons. The van der Waals surface area contributed by atoms with E-state index < -0.39 is 34.2 Å². The molecule has 1 aromatic heterocycles. The third kappa shape index (κ3) is 4.63. The summed E-state index contributed by atoms with van der Waals surface area (Å²) in [5, 5.41) is 9.20. The first-order valence-corrected chi connectivity index (χ1v) is 12.5. The van der Waals surface area contributed by atoms with Gasteiger partial charge in [-0.15, -0.1) is 5.10 Å². The van der Waals surface area contributed by atoms with Crippen LogP contribution in [0, 0.1) is 0 Å². The molecule has 1 saturated carbocycles. The van der Waals surface area contributed by atoms with Crippen LogP contribution in [0.4, 0.5) is 16.3 Å². The van der Waals surface area contributed by atoms with Gasteiger partial charge in [-0.2, -0.15) is 4.68 Å². The van der Waals surface area contributed by atoms with Gasteiger partial charge in [0.05, 0.1) is 21.1 Å². The number of ether oxygens (including phenoxy) is 2. The zero-order valence-electron chi connectivity index (χ0n) is 20.6. The molecule has 1 fully saturated rings. The second kappa shape index (κ2) is 9.17. The first-order valence-electron chi connectivity index (χ1n) is 11.7. The van der Waals surface area contributed by atoms with Crippen LogP contribution in [0.2, 0.25) is 10.0 Å². The summed E-state index contributed by atoms with van der Waals surface area (Å²) in [5.41, 5.74) is -1.38. The molecular weight excluding hydrogens is 537 g/mol. The molecule has 3 aromatic rings. The maximum Gasteiger partial charge on any atom is 0.413 e. The van der Waals surface area contributed by atoms with Crippen molar-refractivity contribution < 1.29 is 19.1 Å². The van der Waals surface area contributed by atoms with Gasteiger partial charge in [0.25, 0.3) is 5.56 Å². The predicted octanol–water partition coefficient (Wildman–Crippen LogP) is 4.74. The number of carbonyl (C=O) groups is 2. The summed E-state index contributed by atoms with van der Waals surface area (Å²) in [6, 6.07) is 8.02. The highest BCUT2D eigenvalue weighted by atomic mass is 35.5. The number of benzene rings is 2. The van der Waals surface area contributed by atoms with Crippen molar-refractivity contribution in [1.29, 1.82) is 0 Å². The van der Waals surface area contributed by atoms with Gasteiger partial charge in [0.1, 0.15) is 11.4 Å². The SMILES string of the molecule is CC(C)(C)OC(=O)Nc1nn(-c2cc(Cl)c(Oc3ccc4c(c3)C3(CCC3)C(=O)N4)c(Cl)c2)c(=O)[nH]c1=O. The fourth-order valence-corrected chi connectivity index (χ4v) is 4.98. The highest BCUT2D eigenvalue weighted by Crippen LogP contribution is 2.52. The van der Waals surface area contributed by atoms with Crippen molar-refractivity contribution in [2.45, 2.75) is 51.0 Å². The molecule has 1 aliphatic heterocycles. The molecular formula is C25H23Cl2N5O6. The zero-order valence-corrected chi connectivity index (χ0v) is 22.1. The molecule has 13 heteroatoms. The Bertz CT molecular complexity index is 1580. The van der Waals surface area contributed by atoms with E-state index in [1.807, 2.05) is 0 Å². The van der Waals surface area contributed by atoms with Crippen LogP contribution in [0.5, 0.6) is 11.5 Å². The third-order valence-electron chi connectivity index (χ3n) is 6.29. The van der Waals surface area contributed by atoms with Crippen LogP contribution < -0.4 is 26.6 Å². The second-order valence-electron chi connectivity index (χ2n) is 10.1. The quantitative estimate of drug-likeness (QED) is 0.418. The number of nitrogens with zero attached hydrogens (tertiary/aromatic N) is 2. The van der Waals surface area contributed by atoms with E-state index >= 15 is 0 Å². The normalized spacial score (nSPS) is 15.4. The van der Waals surface area contributed by atoms with Crippen LogP contribution in [0.1, 0.15) is 45.6 Å². The molecule has 0 saturated heterocycles. The van der Waals surface area contributed by atoms with Gasteiger partial charge >= 0.3 is 11.8 Å². The predicted molar refractivity (Wildman–Crippen MR) is 141 cm³/mol. The summed E-state index contributed by atoms with van der Waals surface area (Å²) in [7, 11) is 0. The van der Waals surface area contributed by atoms with Crippen LogP contribution in [-0.2, 0) is 14.9 Å². The number of aromatic nitrogens is 3. The highest BCUT2D eigenvalue weighted by Gasteiger charge is 2.51. The number of aromatic amines is 1. The summed E-state index contributed by atoms with van der Waals surface area (Å²) >= 11 is 12.9. The fourth-order valence-electron chi connectivity index (χ4n) is 4.42. The average molecular weight is 560 g/mol. The average Bonchev–Trinajstić information content (AvgIpc) is 3.08. The maximum atomic E-state index is 12.5. The molecule has 2 heterocycles. The van der Waals surface area contributed by atoms with Crippen LogP contribution in [0.25, 0.3) is 5.69 Å². The Morgan fingerprint density at radius 1 is 1.11 bits per heavy atom. The van der Waals surface area contributed by atoms with Crippen LogP contribution in [-0.4, -0.2) is 32.4 Å². The zero-order chi connectivity index (χ0) is 27.4. The third-order valence-corrected chi connectivity index (χ3v) is 6.85. The second-order valence-corrected chi connectivity index (χ2v) is 10.9. The Labute approximate surface area is 226 Å². The lowest BCUT2D eigenvalue weighted by molar-refractivity contribution is -0.123. The smallest absolute Gasteiger partial charge is 0.413 e. The van der Waals surface area contributed by atoms with Crippen molar-refractivity contribution in [1.82, 2.24) is 14.8 Å². The number of nitrogens with one attached hydrogen (secondary N) is 3. The minimum atomic E-state index is -0.921. The maximum absolute atomic E-state index is 12.5. The van der Waals surface area contributed by atoms with Crippen molar-refractivity contribution in [2.24, 2.45) is 0 Å². The fraction of sp³-hybridized carbons (Fsp3) is 0.320. The molecule has 3 N–H and O–H groups in total. The van der Waals surface area contributed by atoms with Crippen LogP contribution in [0.3, 0.4) is 0 Å². The molecule has 2 aromatic carbocycles. The van der Waals surface area contributed by atoms with E-state index in [1.54, 1.807) is 39.0 Å². The van der Waals surface area contributed by atoms with Crippen molar-refractivity contribution in [3.05, 3.63) is 66.8 Å². The van der Waals surface area contributed by atoms with E-state index in [-0.39, 0.29) is 27.4 Å². The minimum Gasteiger partial charge on any atom is -0.454 e. The number of amides is 2. The molecule has 0 atom stereocenters.